The number of ether oxygens (including phenoxy) is 1. The van der Waals surface area contributed by atoms with E-state index in [9.17, 15) is 0 Å². The standard InChI is InChI=1S/C24H37N7O.HI/c1-25-24(31-15-16-32-23(20-31)22-17-27-28(2)19-22)26-9-6-10-29-11-13-30(14-12-29)18-21-7-4-3-5-8-21;/h3-5,7-8,17,19,23H,6,9-16,18,20H2,1-2H3,(H,25,26);1H. The molecule has 0 spiro atoms. The van der Waals surface area contributed by atoms with Gasteiger partial charge in [0.05, 0.1) is 19.3 Å². The van der Waals surface area contributed by atoms with Crippen LogP contribution in [-0.4, -0.2) is 96.5 Å². The van der Waals surface area contributed by atoms with Crippen molar-refractivity contribution < 1.29 is 4.74 Å². The first-order chi connectivity index (χ1) is 15.7. The van der Waals surface area contributed by atoms with Gasteiger partial charge < -0.3 is 19.9 Å². The van der Waals surface area contributed by atoms with E-state index in [2.05, 4.69) is 60.4 Å². The lowest BCUT2D eigenvalue weighted by Gasteiger charge is -2.35. The van der Waals surface area contributed by atoms with Gasteiger partial charge in [-0.15, -0.1) is 24.0 Å². The van der Waals surface area contributed by atoms with E-state index in [0.29, 0.717) is 6.61 Å². The van der Waals surface area contributed by atoms with E-state index in [1.807, 2.05) is 31.2 Å². The molecule has 2 aliphatic heterocycles. The van der Waals surface area contributed by atoms with Crippen LogP contribution in [-0.2, 0) is 18.3 Å². The lowest BCUT2D eigenvalue weighted by Crippen LogP contribution is -2.49. The summed E-state index contributed by atoms with van der Waals surface area (Å²) in [5.74, 6) is 0.967. The van der Waals surface area contributed by atoms with Crippen LogP contribution in [0.1, 0.15) is 23.7 Å². The molecule has 3 heterocycles. The lowest BCUT2D eigenvalue weighted by molar-refractivity contribution is -0.00803. The van der Waals surface area contributed by atoms with Gasteiger partial charge in [0.2, 0.25) is 0 Å². The molecular formula is C24H38IN7O. The molecule has 9 heteroatoms. The summed E-state index contributed by atoms with van der Waals surface area (Å²) in [4.78, 5) is 12.0. The van der Waals surface area contributed by atoms with Crippen molar-refractivity contribution >= 4 is 29.9 Å². The van der Waals surface area contributed by atoms with Crippen molar-refractivity contribution in [2.45, 2.75) is 19.1 Å². The first-order valence-corrected chi connectivity index (χ1v) is 11.8. The number of rotatable bonds is 7. The molecule has 0 bridgehead atoms. The number of hydrogen-bond donors (Lipinski definition) is 1. The zero-order valence-corrected chi connectivity index (χ0v) is 22.2. The molecule has 0 radical (unpaired) electrons. The number of aliphatic imine (C=N–C) groups is 1. The van der Waals surface area contributed by atoms with E-state index in [1.165, 1.54) is 5.56 Å². The number of nitrogens with one attached hydrogen (secondary N) is 1. The van der Waals surface area contributed by atoms with Crippen LogP contribution in [0.3, 0.4) is 0 Å². The molecule has 8 nitrogen and oxygen atoms in total. The lowest BCUT2D eigenvalue weighted by atomic mass is 10.1. The first-order valence-electron chi connectivity index (χ1n) is 11.8. The van der Waals surface area contributed by atoms with Crippen molar-refractivity contribution in [2.75, 3.05) is 66.0 Å². The maximum absolute atomic E-state index is 5.96. The Kier molecular flexibility index (Phi) is 10.4. The molecule has 1 aromatic carbocycles. The number of nitrogens with zero attached hydrogens (tertiary/aromatic N) is 6. The Morgan fingerprint density at radius 1 is 1.12 bits per heavy atom. The second-order valence-corrected chi connectivity index (χ2v) is 8.68. The van der Waals surface area contributed by atoms with Crippen LogP contribution in [0.5, 0.6) is 0 Å². The van der Waals surface area contributed by atoms with Gasteiger partial charge in [-0.3, -0.25) is 14.6 Å². The summed E-state index contributed by atoms with van der Waals surface area (Å²) in [5, 5.41) is 7.84. The number of hydrogen-bond acceptors (Lipinski definition) is 5. The SMILES string of the molecule is CN=C(NCCCN1CCN(Cc2ccccc2)CC1)N1CCOC(c2cnn(C)c2)C1.I. The molecule has 2 fully saturated rings. The Morgan fingerprint density at radius 3 is 2.58 bits per heavy atom. The molecule has 1 aromatic heterocycles. The fourth-order valence-electron chi connectivity index (χ4n) is 4.50. The third-order valence-corrected chi connectivity index (χ3v) is 6.32. The Hall–Kier alpha value is -1.69. The smallest absolute Gasteiger partial charge is 0.193 e. The summed E-state index contributed by atoms with van der Waals surface area (Å²) in [6.07, 6.45) is 5.09. The zero-order valence-electron chi connectivity index (χ0n) is 19.9. The van der Waals surface area contributed by atoms with E-state index in [-0.39, 0.29) is 30.1 Å². The van der Waals surface area contributed by atoms with Gasteiger partial charge in [-0.25, -0.2) is 0 Å². The van der Waals surface area contributed by atoms with Crippen molar-refractivity contribution in [1.29, 1.82) is 0 Å². The number of aryl methyl sites for hydroxylation is 1. The minimum absolute atomic E-state index is 0. The van der Waals surface area contributed by atoms with E-state index < -0.39 is 0 Å². The molecule has 1 N–H and O–H groups in total. The van der Waals surface area contributed by atoms with Gasteiger partial charge in [0.1, 0.15) is 6.10 Å². The predicted molar refractivity (Wildman–Crippen MR) is 143 cm³/mol. The van der Waals surface area contributed by atoms with Crippen LogP contribution < -0.4 is 5.32 Å². The van der Waals surface area contributed by atoms with Gasteiger partial charge in [0.15, 0.2) is 5.96 Å². The molecule has 1 unspecified atom stereocenters. The maximum Gasteiger partial charge on any atom is 0.193 e. The van der Waals surface area contributed by atoms with Crippen LogP contribution in [0, 0.1) is 0 Å². The van der Waals surface area contributed by atoms with E-state index >= 15 is 0 Å². The molecule has 0 amide bonds. The van der Waals surface area contributed by atoms with Crippen LogP contribution in [0.25, 0.3) is 0 Å². The van der Waals surface area contributed by atoms with Gasteiger partial charge in [0, 0.05) is 71.7 Å². The van der Waals surface area contributed by atoms with Gasteiger partial charge in [0.25, 0.3) is 0 Å². The highest BCUT2D eigenvalue weighted by Gasteiger charge is 2.25. The highest BCUT2D eigenvalue weighted by Crippen LogP contribution is 2.21. The summed E-state index contributed by atoms with van der Waals surface area (Å²) in [7, 11) is 3.80. The van der Waals surface area contributed by atoms with Crippen molar-refractivity contribution in [3.8, 4) is 0 Å². The van der Waals surface area contributed by atoms with Gasteiger partial charge in [-0.1, -0.05) is 30.3 Å². The fraction of sp³-hybridized carbons (Fsp3) is 0.583. The molecule has 182 valence electrons. The van der Waals surface area contributed by atoms with Crippen molar-refractivity contribution in [1.82, 2.24) is 29.8 Å². The van der Waals surface area contributed by atoms with Gasteiger partial charge >= 0.3 is 0 Å². The van der Waals surface area contributed by atoms with Crippen molar-refractivity contribution in [3.63, 3.8) is 0 Å². The van der Waals surface area contributed by atoms with Gasteiger partial charge in [-0.05, 0) is 18.5 Å². The Bertz CT molecular complexity index is 852. The summed E-state index contributed by atoms with van der Waals surface area (Å²) in [6, 6.07) is 10.8. The van der Waals surface area contributed by atoms with Crippen LogP contribution in [0.15, 0.2) is 47.7 Å². The van der Waals surface area contributed by atoms with Crippen molar-refractivity contribution in [3.05, 3.63) is 53.9 Å². The van der Waals surface area contributed by atoms with Crippen LogP contribution >= 0.6 is 24.0 Å². The highest BCUT2D eigenvalue weighted by atomic mass is 127. The summed E-state index contributed by atoms with van der Waals surface area (Å²) < 4.78 is 7.79. The Labute approximate surface area is 215 Å². The number of guanidine groups is 1. The summed E-state index contributed by atoms with van der Waals surface area (Å²) in [6.45, 7) is 10.1. The highest BCUT2D eigenvalue weighted by molar-refractivity contribution is 14.0. The van der Waals surface area contributed by atoms with E-state index in [4.69, 9.17) is 4.74 Å². The molecule has 33 heavy (non-hydrogen) atoms. The normalized spacial score (nSPS) is 20.5. The van der Waals surface area contributed by atoms with E-state index in [0.717, 1.165) is 76.8 Å². The Balaban J connectivity index is 0.00000306. The molecule has 2 saturated heterocycles. The average molecular weight is 568 g/mol. The molecule has 4 rings (SSSR count). The van der Waals surface area contributed by atoms with E-state index in [1.54, 1.807) is 0 Å². The number of morpholine rings is 1. The second-order valence-electron chi connectivity index (χ2n) is 8.68. The molecular weight excluding hydrogens is 529 g/mol. The number of aromatic nitrogens is 2. The number of piperazine rings is 1. The molecule has 0 saturated carbocycles. The topological polar surface area (TPSA) is 61.2 Å². The maximum atomic E-state index is 5.96. The second kappa shape index (κ2) is 13.3. The quantitative estimate of drug-likeness (QED) is 0.240. The summed E-state index contributed by atoms with van der Waals surface area (Å²) in [5.41, 5.74) is 2.53. The van der Waals surface area contributed by atoms with Crippen LogP contribution in [0.2, 0.25) is 0 Å². The predicted octanol–water partition coefficient (Wildman–Crippen LogP) is 2.19. The average Bonchev–Trinajstić information content (AvgIpc) is 3.27. The monoisotopic (exact) mass is 567 g/mol. The molecule has 2 aliphatic rings. The van der Waals surface area contributed by atoms with Crippen LogP contribution in [0.4, 0.5) is 0 Å². The number of halogens is 1. The zero-order chi connectivity index (χ0) is 22.2. The van der Waals surface area contributed by atoms with Gasteiger partial charge in [-0.2, -0.15) is 5.10 Å². The Morgan fingerprint density at radius 2 is 1.88 bits per heavy atom. The largest absolute Gasteiger partial charge is 0.370 e. The molecule has 1 atom stereocenters. The summed E-state index contributed by atoms with van der Waals surface area (Å²) >= 11 is 0. The number of benzene rings is 1. The van der Waals surface area contributed by atoms with Crippen molar-refractivity contribution in [2.24, 2.45) is 12.0 Å². The third-order valence-electron chi connectivity index (χ3n) is 6.32. The first kappa shape index (κ1) is 25.9. The third kappa shape index (κ3) is 7.66. The fourth-order valence-corrected chi connectivity index (χ4v) is 4.50. The molecule has 2 aromatic rings. The minimum atomic E-state index is 0. The molecule has 0 aliphatic carbocycles. The minimum Gasteiger partial charge on any atom is -0.370 e.